The number of hydrogen-bond donors (Lipinski definition) is 3. The van der Waals surface area contributed by atoms with Gasteiger partial charge in [-0.15, -0.1) is 0 Å². The number of rotatable bonds is 9. The molecule has 2 aromatic carbocycles. The second-order valence-electron chi connectivity index (χ2n) is 8.89. The molecule has 9 nitrogen and oxygen atoms in total. The third kappa shape index (κ3) is 6.95. The highest BCUT2D eigenvalue weighted by atomic mass is 35.5. The fraction of sp³-hybridized carbons (Fsp3) is 0.250. The standard InChI is InChI=1S/C28H27ClN4O5/c29-20-8-9-21(31-16-20)14-25(34)23-15-22(38-17-26(35)36)10-11-24(23)32-28(37)19-6-4-18(5-7-19)27(30)33-12-2-1-3-13-33/h4-11,15-16,30H,1-3,12-14,17H2,(H,32,37)(H,35,36). The smallest absolute Gasteiger partial charge is 0.341 e. The predicted octanol–water partition coefficient (Wildman–Crippen LogP) is 4.69. The summed E-state index contributed by atoms with van der Waals surface area (Å²) in [4.78, 5) is 43.3. The number of carboxylic acid groups (broad SMARTS) is 1. The van der Waals surface area contributed by atoms with E-state index in [1.807, 2.05) is 4.90 Å². The number of nitrogens with zero attached hydrogens (tertiary/aromatic N) is 2. The summed E-state index contributed by atoms with van der Waals surface area (Å²) >= 11 is 5.88. The van der Waals surface area contributed by atoms with E-state index in [-0.39, 0.29) is 29.2 Å². The number of benzene rings is 2. The van der Waals surface area contributed by atoms with Crippen LogP contribution in [0.25, 0.3) is 0 Å². The summed E-state index contributed by atoms with van der Waals surface area (Å²) in [5, 5.41) is 20.6. The Morgan fingerprint density at radius 3 is 2.37 bits per heavy atom. The molecule has 1 aromatic heterocycles. The average Bonchev–Trinajstić information content (AvgIpc) is 2.93. The molecular weight excluding hydrogens is 508 g/mol. The van der Waals surface area contributed by atoms with E-state index in [9.17, 15) is 14.4 Å². The fourth-order valence-corrected chi connectivity index (χ4v) is 4.25. The highest BCUT2D eigenvalue weighted by Gasteiger charge is 2.19. The number of hydrogen-bond acceptors (Lipinski definition) is 6. The molecule has 0 atom stereocenters. The number of aliphatic carboxylic acids is 1. The van der Waals surface area contributed by atoms with Gasteiger partial charge in [-0.2, -0.15) is 0 Å². The van der Waals surface area contributed by atoms with Gasteiger partial charge in [0.2, 0.25) is 0 Å². The molecule has 3 N–H and O–H groups in total. The van der Waals surface area contributed by atoms with Crippen LogP contribution in [-0.4, -0.2) is 58.2 Å². The van der Waals surface area contributed by atoms with E-state index in [4.69, 9.17) is 26.9 Å². The van der Waals surface area contributed by atoms with Crippen molar-refractivity contribution in [3.05, 3.63) is 88.2 Å². The Kier molecular flexibility index (Phi) is 8.70. The summed E-state index contributed by atoms with van der Waals surface area (Å²) in [7, 11) is 0. The van der Waals surface area contributed by atoms with Crippen molar-refractivity contribution >= 4 is 40.8 Å². The normalized spacial score (nSPS) is 13.0. The van der Waals surface area contributed by atoms with Gasteiger partial charge in [0.25, 0.3) is 5.91 Å². The van der Waals surface area contributed by atoms with Gasteiger partial charge >= 0.3 is 5.97 Å². The number of amides is 1. The van der Waals surface area contributed by atoms with Crippen LogP contribution in [0.1, 0.15) is 51.2 Å². The Morgan fingerprint density at radius 1 is 1.00 bits per heavy atom. The van der Waals surface area contributed by atoms with Crippen LogP contribution in [0.2, 0.25) is 5.02 Å². The number of nitrogens with one attached hydrogen (secondary N) is 2. The number of carbonyl (C=O) groups is 3. The van der Waals surface area contributed by atoms with Gasteiger partial charge in [0.1, 0.15) is 11.6 Å². The first kappa shape index (κ1) is 26.8. The van der Waals surface area contributed by atoms with Crippen molar-refractivity contribution in [2.75, 3.05) is 25.0 Å². The Labute approximate surface area is 224 Å². The molecule has 3 aromatic rings. The van der Waals surface area contributed by atoms with Crippen LogP contribution in [-0.2, 0) is 11.2 Å². The van der Waals surface area contributed by atoms with Crippen LogP contribution in [0.15, 0.2) is 60.8 Å². The summed E-state index contributed by atoms with van der Waals surface area (Å²) in [5.41, 5.74) is 1.99. The van der Waals surface area contributed by atoms with Gasteiger partial charge in [-0.3, -0.25) is 20.0 Å². The number of piperidine rings is 1. The second-order valence-corrected chi connectivity index (χ2v) is 9.32. The summed E-state index contributed by atoms with van der Waals surface area (Å²) < 4.78 is 5.23. The number of Topliss-reactive ketones (excluding diaryl/α,β-unsaturated/α-hetero) is 1. The molecule has 1 aliphatic heterocycles. The minimum atomic E-state index is -1.16. The molecule has 0 bridgehead atoms. The number of carboxylic acids is 1. The number of ketones is 1. The second kappa shape index (κ2) is 12.3. The molecule has 38 heavy (non-hydrogen) atoms. The summed E-state index contributed by atoms with van der Waals surface area (Å²) in [5.74, 6) is -1.31. The van der Waals surface area contributed by atoms with Gasteiger partial charge in [0, 0.05) is 41.7 Å². The van der Waals surface area contributed by atoms with E-state index in [1.165, 1.54) is 30.8 Å². The third-order valence-electron chi connectivity index (χ3n) is 6.13. The number of halogens is 1. The predicted molar refractivity (Wildman–Crippen MR) is 144 cm³/mol. The van der Waals surface area contributed by atoms with Crippen molar-refractivity contribution in [1.82, 2.24) is 9.88 Å². The quantitative estimate of drug-likeness (QED) is 0.206. The number of aromatic nitrogens is 1. The summed E-state index contributed by atoms with van der Waals surface area (Å²) in [6.07, 6.45) is 4.69. The molecule has 0 aliphatic carbocycles. The van der Waals surface area contributed by atoms with Gasteiger partial charge in [0.05, 0.1) is 17.1 Å². The van der Waals surface area contributed by atoms with E-state index < -0.39 is 18.5 Å². The molecule has 1 saturated heterocycles. The molecular formula is C28H27ClN4O5. The van der Waals surface area contributed by atoms with E-state index in [1.54, 1.807) is 36.4 Å². The lowest BCUT2D eigenvalue weighted by Gasteiger charge is -2.29. The minimum Gasteiger partial charge on any atom is -0.482 e. The third-order valence-corrected chi connectivity index (χ3v) is 6.35. The maximum absolute atomic E-state index is 13.2. The van der Waals surface area contributed by atoms with Gasteiger partial charge < -0.3 is 20.1 Å². The van der Waals surface area contributed by atoms with Crippen LogP contribution in [0.5, 0.6) is 5.75 Å². The molecule has 10 heteroatoms. The van der Waals surface area contributed by atoms with Crippen molar-refractivity contribution in [3.63, 3.8) is 0 Å². The maximum atomic E-state index is 13.2. The molecule has 1 amide bonds. The zero-order chi connectivity index (χ0) is 27.1. The lowest BCUT2D eigenvalue weighted by molar-refractivity contribution is -0.139. The van der Waals surface area contributed by atoms with E-state index in [2.05, 4.69) is 10.3 Å². The Hall–Kier alpha value is -4.24. The average molecular weight is 535 g/mol. The van der Waals surface area contributed by atoms with Crippen molar-refractivity contribution in [2.45, 2.75) is 25.7 Å². The Balaban J connectivity index is 1.52. The highest BCUT2D eigenvalue weighted by molar-refractivity contribution is 6.30. The maximum Gasteiger partial charge on any atom is 0.341 e. The molecule has 0 saturated carbocycles. The summed E-state index contributed by atoms with van der Waals surface area (Å²) in [6, 6.07) is 14.4. The van der Waals surface area contributed by atoms with Crippen LogP contribution < -0.4 is 10.1 Å². The molecule has 1 aliphatic rings. The number of amidine groups is 1. The Bertz CT molecular complexity index is 1340. The molecule has 196 valence electrons. The zero-order valence-electron chi connectivity index (χ0n) is 20.6. The van der Waals surface area contributed by atoms with Crippen molar-refractivity contribution in [1.29, 1.82) is 5.41 Å². The van der Waals surface area contributed by atoms with Crippen LogP contribution in [0, 0.1) is 5.41 Å². The van der Waals surface area contributed by atoms with Crippen molar-refractivity contribution < 1.29 is 24.2 Å². The number of ether oxygens (including phenoxy) is 1. The number of likely N-dealkylation sites (tertiary alicyclic amines) is 1. The molecule has 4 rings (SSSR count). The van der Waals surface area contributed by atoms with Crippen molar-refractivity contribution in [3.8, 4) is 5.75 Å². The number of carbonyl (C=O) groups excluding carboxylic acids is 2. The highest BCUT2D eigenvalue weighted by Crippen LogP contribution is 2.25. The molecule has 2 heterocycles. The van der Waals surface area contributed by atoms with Gasteiger partial charge in [-0.25, -0.2) is 4.79 Å². The molecule has 1 fully saturated rings. The molecule has 0 radical (unpaired) electrons. The molecule has 0 unspecified atom stereocenters. The van der Waals surface area contributed by atoms with Crippen LogP contribution in [0.3, 0.4) is 0 Å². The minimum absolute atomic E-state index is 0.0598. The van der Waals surface area contributed by atoms with Gasteiger partial charge in [0.15, 0.2) is 12.4 Å². The van der Waals surface area contributed by atoms with Crippen LogP contribution in [0.4, 0.5) is 5.69 Å². The number of pyridine rings is 1. The number of anilines is 1. The van der Waals surface area contributed by atoms with Crippen molar-refractivity contribution in [2.24, 2.45) is 0 Å². The first-order valence-corrected chi connectivity index (χ1v) is 12.6. The van der Waals surface area contributed by atoms with Gasteiger partial charge in [-0.05, 0) is 61.7 Å². The van der Waals surface area contributed by atoms with E-state index in [0.29, 0.717) is 22.1 Å². The zero-order valence-corrected chi connectivity index (χ0v) is 21.3. The monoisotopic (exact) mass is 534 g/mol. The van der Waals surface area contributed by atoms with E-state index in [0.717, 1.165) is 31.5 Å². The first-order valence-electron chi connectivity index (χ1n) is 12.2. The lowest BCUT2D eigenvalue weighted by Crippen LogP contribution is -2.35. The lowest BCUT2D eigenvalue weighted by atomic mass is 10.0. The molecule has 0 spiro atoms. The Morgan fingerprint density at radius 2 is 1.71 bits per heavy atom. The van der Waals surface area contributed by atoms with Crippen LogP contribution >= 0.6 is 11.6 Å². The van der Waals surface area contributed by atoms with E-state index >= 15 is 0 Å². The largest absolute Gasteiger partial charge is 0.482 e. The SMILES string of the molecule is N=C(c1ccc(C(=O)Nc2ccc(OCC(=O)O)cc2C(=O)Cc2ccc(Cl)cn2)cc1)N1CCCCC1. The topological polar surface area (TPSA) is 133 Å². The fourth-order valence-electron chi connectivity index (χ4n) is 4.14. The first-order chi connectivity index (χ1) is 18.3. The van der Waals surface area contributed by atoms with Gasteiger partial charge in [-0.1, -0.05) is 23.7 Å². The summed E-state index contributed by atoms with van der Waals surface area (Å²) in [6.45, 7) is 1.14.